The van der Waals surface area contributed by atoms with E-state index in [-0.39, 0.29) is 12.5 Å². The summed E-state index contributed by atoms with van der Waals surface area (Å²) in [6.07, 6.45) is 1.28. The van der Waals surface area contributed by atoms with Gasteiger partial charge in [0, 0.05) is 12.6 Å². The largest absolute Gasteiger partial charge is 0.481 e. The molecule has 1 heterocycles. The Bertz CT molecular complexity index is 369. The molecule has 1 rings (SSSR count). The Morgan fingerprint density at radius 1 is 1.44 bits per heavy atom. The van der Waals surface area contributed by atoms with Gasteiger partial charge in [-0.1, -0.05) is 0 Å². The van der Waals surface area contributed by atoms with Gasteiger partial charge in [0.05, 0.1) is 11.2 Å². The number of aliphatic carboxylic acids is 1. The topological polar surface area (TPSA) is 74.7 Å². The average Bonchev–Trinajstić information content (AvgIpc) is 2.49. The molecule has 0 radical (unpaired) electrons. The molecule has 5 nitrogen and oxygen atoms in total. The first-order chi connectivity index (χ1) is 7.16. The Kier molecular flexibility index (Phi) is 3.64. The van der Waals surface area contributed by atoms with Gasteiger partial charge in [0.1, 0.15) is 0 Å². The summed E-state index contributed by atoms with van der Waals surface area (Å²) < 4.78 is 24.9. The predicted molar refractivity (Wildman–Crippen MR) is 60.7 cm³/mol. The maximum atomic E-state index is 12.2. The number of hydrogen-bond acceptors (Lipinski definition) is 3. The molecule has 0 amide bonds. The molecule has 0 bridgehead atoms. The highest BCUT2D eigenvalue weighted by molar-refractivity contribution is 7.90. The van der Waals surface area contributed by atoms with E-state index in [1.54, 1.807) is 20.8 Å². The monoisotopic (exact) mass is 249 g/mol. The summed E-state index contributed by atoms with van der Waals surface area (Å²) in [5.41, 5.74) is 0. The van der Waals surface area contributed by atoms with Crippen molar-refractivity contribution in [3.63, 3.8) is 0 Å². The number of sulfonamides is 1. The molecule has 0 aromatic carbocycles. The van der Waals surface area contributed by atoms with Crippen molar-refractivity contribution in [2.75, 3.05) is 6.54 Å². The van der Waals surface area contributed by atoms with Crippen molar-refractivity contribution < 1.29 is 18.3 Å². The Morgan fingerprint density at radius 3 is 2.44 bits per heavy atom. The molecule has 1 aliphatic rings. The molecule has 1 unspecified atom stereocenters. The first-order valence-corrected chi connectivity index (χ1v) is 6.83. The molecule has 1 N–H and O–H groups in total. The normalized spacial score (nSPS) is 23.6. The van der Waals surface area contributed by atoms with Crippen LogP contribution in [0, 0.1) is 0 Å². The Morgan fingerprint density at radius 2 is 2.00 bits per heavy atom. The maximum Gasteiger partial charge on any atom is 0.304 e. The van der Waals surface area contributed by atoms with Crippen LogP contribution in [0.5, 0.6) is 0 Å². The van der Waals surface area contributed by atoms with Gasteiger partial charge in [-0.15, -0.1) is 0 Å². The fourth-order valence-corrected chi connectivity index (χ4v) is 3.53. The minimum Gasteiger partial charge on any atom is -0.481 e. The van der Waals surface area contributed by atoms with Crippen molar-refractivity contribution in [3.05, 3.63) is 0 Å². The number of rotatable bonds is 3. The molecule has 1 atom stereocenters. The van der Waals surface area contributed by atoms with E-state index in [1.165, 1.54) is 4.31 Å². The van der Waals surface area contributed by atoms with E-state index >= 15 is 0 Å². The number of hydrogen-bond donors (Lipinski definition) is 1. The van der Waals surface area contributed by atoms with Crippen molar-refractivity contribution in [3.8, 4) is 0 Å². The summed E-state index contributed by atoms with van der Waals surface area (Å²) in [4.78, 5) is 10.7. The molecule has 0 aliphatic carbocycles. The van der Waals surface area contributed by atoms with E-state index in [4.69, 9.17) is 5.11 Å². The van der Waals surface area contributed by atoms with Gasteiger partial charge in [0.15, 0.2) is 0 Å². The number of carboxylic acids is 1. The maximum absolute atomic E-state index is 12.2. The molecular weight excluding hydrogens is 230 g/mol. The van der Waals surface area contributed by atoms with Crippen LogP contribution in [0.3, 0.4) is 0 Å². The molecule has 1 fully saturated rings. The van der Waals surface area contributed by atoms with Gasteiger partial charge in [-0.2, -0.15) is 4.31 Å². The summed E-state index contributed by atoms with van der Waals surface area (Å²) in [7, 11) is -3.40. The fourth-order valence-electron chi connectivity index (χ4n) is 1.88. The second kappa shape index (κ2) is 4.33. The van der Waals surface area contributed by atoms with Crippen molar-refractivity contribution in [2.45, 2.75) is 50.8 Å². The van der Waals surface area contributed by atoms with Crippen LogP contribution < -0.4 is 0 Å². The highest BCUT2D eigenvalue weighted by Gasteiger charge is 2.41. The molecule has 0 saturated carbocycles. The molecule has 1 aliphatic heterocycles. The summed E-state index contributed by atoms with van der Waals surface area (Å²) in [6.45, 7) is 5.35. The van der Waals surface area contributed by atoms with Gasteiger partial charge in [-0.05, 0) is 33.6 Å². The van der Waals surface area contributed by atoms with Crippen LogP contribution in [0.1, 0.15) is 40.0 Å². The molecule has 6 heteroatoms. The standard InChI is InChI=1S/C10H19NO4S/c1-10(2,3)16(14,15)11-6-4-5-8(11)7-9(12)13/h8H,4-7H2,1-3H3,(H,12,13). The third-order valence-electron chi connectivity index (χ3n) is 2.82. The Balaban J connectivity index is 2.91. The third kappa shape index (κ3) is 2.55. The average molecular weight is 249 g/mol. The number of carboxylic acid groups (broad SMARTS) is 1. The van der Waals surface area contributed by atoms with Crippen molar-refractivity contribution in [1.29, 1.82) is 0 Å². The smallest absolute Gasteiger partial charge is 0.304 e. The summed E-state index contributed by atoms with van der Waals surface area (Å²) >= 11 is 0. The van der Waals surface area contributed by atoms with Gasteiger partial charge in [-0.3, -0.25) is 4.79 Å². The minimum atomic E-state index is -3.40. The minimum absolute atomic E-state index is 0.102. The van der Waals surface area contributed by atoms with E-state index in [0.717, 1.165) is 6.42 Å². The van der Waals surface area contributed by atoms with Crippen molar-refractivity contribution in [1.82, 2.24) is 4.31 Å². The molecule has 0 aromatic heterocycles. The van der Waals surface area contributed by atoms with Gasteiger partial charge in [-0.25, -0.2) is 8.42 Å². The molecular formula is C10H19NO4S. The fraction of sp³-hybridized carbons (Fsp3) is 0.900. The predicted octanol–water partition coefficient (Wildman–Crippen LogP) is 1.05. The summed E-state index contributed by atoms with van der Waals surface area (Å²) in [6, 6.07) is -0.373. The molecule has 94 valence electrons. The van der Waals surface area contributed by atoms with E-state index in [9.17, 15) is 13.2 Å². The van der Waals surface area contributed by atoms with Crippen LogP contribution in [0.2, 0.25) is 0 Å². The van der Waals surface area contributed by atoms with Crippen molar-refractivity contribution in [2.24, 2.45) is 0 Å². The number of carbonyl (C=O) groups is 1. The van der Waals surface area contributed by atoms with Crippen LogP contribution >= 0.6 is 0 Å². The second-order valence-corrected chi connectivity index (χ2v) is 7.77. The third-order valence-corrected chi connectivity index (χ3v) is 5.46. The second-order valence-electron chi connectivity index (χ2n) is 5.12. The molecule has 1 saturated heterocycles. The highest BCUT2D eigenvalue weighted by atomic mass is 32.2. The lowest BCUT2D eigenvalue weighted by molar-refractivity contribution is -0.137. The zero-order valence-corrected chi connectivity index (χ0v) is 10.7. The SMILES string of the molecule is CC(C)(C)S(=O)(=O)N1CCCC1CC(=O)O. The number of nitrogens with zero attached hydrogens (tertiary/aromatic N) is 1. The van der Waals surface area contributed by atoms with Gasteiger partial charge < -0.3 is 5.11 Å². The van der Waals surface area contributed by atoms with E-state index in [1.807, 2.05) is 0 Å². The summed E-state index contributed by atoms with van der Waals surface area (Å²) in [5, 5.41) is 8.74. The van der Waals surface area contributed by atoms with E-state index in [0.29, 0.717) is 13.0 Å². The van der Waals surface area contributed by atoms with Crippen LogP contribution in [0.25, 0.3) is 0 Å². The van der Waals surface area contributed by atoms with Gasteiger partial charge in [0.2, 0.25) is 10.0 Å². The molecule has 0 spiro atoms. The highest BCUT2D eigenvalue weighted by Crippen LogP contribution is 2.29. The lowest BCUT2D eigenvalue weighted by atomic mass is 10.2. The Labute approximate surface area is 96.5 Å². The summed E-state index contributed by atoms with van der Waals surface area (Å²) in [5.74, 6) is -0.944. The first kappa shape index (κ1) is 13.4. The van der Waals surface area contributed by atoms with Crippen LogP contribution in [0.15, 0.2) is 0 Å². The van der Waals surface area contributed by atoms with Crippen LogP contribution in [0.4, 0.5) is 0 Å². The lowest BCUT2D eigenvalue weighted by Gasteiger charge is -2.30. The van der Waals surface area contributed by atoms with Crippen molar-refractivity contribution >= 4 is 16.0 Å². The Hall–Kier alpha value is -0.620. The first-order valence-electron chi connectivity index (χ1n) is 5.39. The van der Waals surface area contributed by atoms with Crippen LogP contribution in [-0.4, -0.2) is 41.1 Å². The zero-order valence-electron chi connectivity index (χ0n) is 9.93. The van der Waals surface area contributed by atoms with Gasteiger partial charge >= 0.3 is 5.97 Å². The van der Waals surface area contributed by atoms with Gasteiger partial charge in [0.25, 0.3) is 0 Å². The van der Waals surface area contributed by atoms with E-state index in [2.05, 4.69) is 0 Å². The quantitative estimate of drug-likeness (QED) is 0.811. The van der Waals surface area contributed by atoms with Crippen LogP contribution in [-0.2, 0) is 14.8 Å². The zero-order chi connectivity index (χ0) is 12.6. The van der Waals surface area contributed by atoms with E-state index < -0.39 is 20.7 Å². The lowest BCUT2D eigenvalue weighted by Crippen LogP contribution is -2.45. The molecule has 16 heavy (non-hydrogen) atoms. The molecule has 0 aromatic rings.